The first-order valence-electron chi connectivity index (χ1n) is 19.8. The Morgan fingerprint density at radius 3 is 2.42 bits per heavy atom. The number of anilines is 2. The Balaban J connectivity index is 1.57. The molecule has 4 rings (SSSR count). The molecular weight excluding hydrogens is 660 g/mol. The fourth-order valence-corrected chi connectivity index (χ4v) is 7.66. The Morgan fingerprint density at radius 2 is 1.81 bits per heavy atom. The third-order valence-electron chi connectivity index (χ3n) is 10.3. The van der Waals surface area contributed by atoms with Crippen molar-refractivity contribution in [1.82, 2.24) is 9.80 Å². The van der Waals surface area contributed by atoms with Crippen LogP contribution in [0.1, 0.15) is 107 Å². The van der Waals surface area contributed by atoms with E-state index in [0.29, 0.717) is 55.8 Å². The van der Waals surface area contributed by atoms with Crippen LogP contribution < -0.4 is 14.5 Å². The Morgan fingerprint density at radius 1 is 1.10 bits per heavy atom. The van der Waals surface area contributed by atoms with Crippen LogP contribution >= 0.6 is 0 Å². The second-order valence-electron chi connectivity index (χ2n) is 17.5. The number of aliphatic hydroxyl groups is 1. The lowest BCUT2D eigenvalue weighted by Crippen LogP contribution is -2.53. The summed E-state index contributed by atoms with van der Waals surface area (Å²) in [5.41, 5.74) is -0.298. The van der Waals surface area contributed by atoms with Crippen molar-refractivity contribution < 1.29 is 33.7 Å². The molecule has 1 saturated carbocycles. The van der Waals surface area contributed by atoms with E-state index < -0.39 is 29.3 Å². The van der Waals surface area contributed by atoms with Crippen LogP contribution in [0.3, 0.4) is 0 Å². The maximum Gasteiger partial charge on any atom is 0.410 e. The maximum atomic E-state index is 14.7. The van der Waals surface area contributed by atoms with Gasteiger partial charge in [0.15, 0.2) is 5.60 Å². The number of amides is 3. The standard InChI is InChI=1S/C41H68N4O7/c1-11-50-27-29(22-28(2)3)14-12-15-35(46)30-23-31(26-43(25-30)39(49)52-40(4,5)6)37(47)45(32-16-17-32)33-18-19-36-34(24-33)44(21-13-20-42(9)10)38(48)41(7,8)51-36/h18-19,24,28-32,35,46H,11-17,20-23,25-27H2,1-10H3/t29?,30-,31+,35?/m0/s1. The van der Waals surface area contributed by atoms with Crippen molar-refractivity contribution in [1.29, 1.82) is 0 Å². The van der Waals surface area contributed by atoms with E-state index >= 15 is 0 Å². The number of aliphatic hydroxyl groups excluding tert-OH is 1. The Hall–Kier alpha value is -2.89. The first-order valence-corrected chi connectivity index (χ1v) is 19.8. The van der Waals surface area contributed by atoms with Crippen molar-refractivity contribution in [2.75, 3.05) is 63.3 Å². The van der Waals surface area contributed by atoms with E-state index in [0.717, 1.165) is 57.4 Å². The normalized spacial score (nSPS) is 21.5. The second kappa shape index (κ2) is 18.0. The molecule has 11 nitrogen and oxygen atoms in total. The van der Waals surface area contributed by atoms with E-state index in [9.17, 15) is 19.5 Å². The van der Waals surface area contributed by atoms with E-state index in [1.54, 1.807) is 23.6 Å². The van der Waals surface area contributed by atoms with Crippen LogP contribution in [0.4, 0.5) is 16.2 Å². The number of piperidine rings is 1. The van der Waals surface area contributed by atoms with E-state index in [-0.39, 0.29) is 30.3 Å². The van der Waals surface area contributed by atoms with E-state index in [4.69, 9.17) is 14.2 Å². The van der Waals surface area contributed by atoms with Crippen LogP contribution in [0.5, 0.6) is 5.75 Å². The number of carbonyl (C=O) groups is 3. The number of benzene rings is 1. The molecule has 3 aliphatic rings. The molecule has 1 aromatic carbocycles. The van der Waals surface area contributed by atoms with E-state index in [1.807, 2.05) is 64.9 Å². The van der Waals surface area contributed by atoms with Gasteiger partial charge >= 0.3 is 6.09 Å². The van der Waals surface area contributed by atoms with Gasteiger partial charge in [0.05, 0.1) is 17.7 Å². The summed E-state index contributed by atoms with van der Waals surface area (Å²) < 4.78 is 17.7. The number of rotatable bonds is 17. The van der Waals surface area contributed by atoms with Crippen LogP contribution in [0.2, 0.25) is 0 Å². The lowest BCUT2D eigenvalue weighted by atomic mass is 9.82. The lowest BCUT2D eigenvalue weighted by molar-refractivity contribution is -0.132. The zero-order valence-corrected chi connectivity index (χ0v) is 33.8. The topological polar surface area (TPSA) is 112 Å². The molecule has 1 N–H and O–H groups in total. The predicted molar refractivity (Wildman–Crippen MR) is 206 cm³/mol. The van der Waals surface area contributed by atoms with Crippen molar-refractivity contribution in [2.24, 2.45) is 23.7 Å². The Labute approximate surface area is 313 Å². The van der Waals surface area contributed by atoms with E-state index in [1.165, 1.54) is 0 Å². The summed E-state index contributed by atoms with van der Waals surface area (Å²) in [7, 11) is 4.03. The third kappa shape index (κ3) is 11.6. The zero-order chi connectivity index (χ0) is 38.4. The van der Waals surface area contributed by atoms with Gasteiger partial charge in [-0.25, -0.2) is 4.79 Å². The molecule has 2 unspecified atom stereocenters. The molecule has 3 amide bonds. The van der Waals surface area contributed by atoms with Crippen LogP contribution in [0, 0.1) is 23.7 Å². The van der Waals surface area contributed by atoms with Crippen LogP contribution in [0.25, 0.3) is 0 Å². The molecule has 0 spiro atoms. The molecule has 294 valence electrons. The number of fused-ring (bicyclic) bond motifs is 1. The molecule has 1 aliphatic carbocycles. The van der Waals surface area contributed by atoms with Gasteiger partial charge in [-0.2, -0.15) is 0 Å². The first kappa shape index (κ1) is 41.9. The summed E-state index contributed by atoms with van der Waals surface area (Å²) in [6.45, 7) is 18.9. The molecule has 2 fully saturated rings. The largest absolute Gasteiger partial charge is 0.476 e. The highest BCUT2D eigenvalue weighted by Gasteiger charge is 2.45. The number of likely N-dealkylation sites (tertiary alicyclic amines) is 1. The fraction of sp³-hybridized carbons (Fsp3) is 0.780. The summed E-state index contributed by atoms with van der Waals surface area (Å²) in [5, 5.41) is 11.6. The highest BCUT2D eigenvalue weighted by molar-refractivity contribution is 6.04. The van der Waals surface area contributed by atoms with Gasteiger partial charge in [-0.05, 0) is 137 Å². The molecule has 11 heteroatoms. The average Bonchev–Trinajstić information content (AvgIpc) is 3.89. The number of hydrogen-bond donors (Lipinski definition) is 1. The van der Waals surface area contributed by atoms with Gasteiger partial charge in [-0.1, -0.05) is 20.3 Å². The van der Waals surface area contributed by atoms with Gasteiger partial charge in [0.25, 0.3) is 5.91 Å². The highest BCUT2D eigenvalue weighted by Crippen LogP contribution is 2.43. The summed E-state index contributed by atoms with van der Waals surface area (Å²) >= 11 is 0. The molecule has 0 bridgehead atoms. The smallest absolute Gasteiger partial charge is 0.410 e. The maximum absolute atomic E-state index is 14.7. The Bertz CT molecular complexity index is 1350. The molecule has 52 heavy (non-hydrogen) atoms. The van der Waals surface area contributed by atoms with Gasteiger partial charge in [-0.3, -0.25) is 9.59 Å². The zero-order valence-electron chi connectivity index (χ0n) is 33.8. The first-order chi connectivity index (χ1) is 24.4. The lowest BCUT2D eigenvalue weighted by Gasteiger charge is -2.41. The van der Waals surface area contributed by atoms with Crippen molar-refractivity contribution >= 4 is 29.3 Å². The van der Waals surface area contributed by atoms with E-state index in [2.05, 4.69) is 18.7 Å². The SMILES string of the molecule is CCOCC(CCCC(O)[C@H]1C[C@@H](C(=O)N(c2ccc3c(c2)N(CCCN(C)C)C(=O)C(C)(C)O3)C2CC2)CN(C(=O)OC(C)(C)C)C1)CC(C)C. The highest BCUT2D eigenvalue weighted by atomic mass is 16.6. The summed E-state index contributed by atoms with van der Waals surface area (Å²) in [6, 6.07) is 5.74. The number of nitrogens with zero attached hydrogens (tertiary/aromatic N) is 4. The van der Waals surface area contributed by atoms with Gasteiger partial charge in [0, 0.05) is 50.5 Å². The molecule has 0 radical (unpaired) electrons. The van der Waals surface area contributed by atoms with Crippen molar-refractivity contribution in [3.63, 3.8) is 0 Å². The van der Waals surface area contributed by atoms with Gasteiger partial charge in [0.2, 0.25) is 5.91 Å². The number of ether oxygens (including phenoxy) is 3. The summed E-state index contributed by atoms with van der Waals surface area (Å²) in [5.74, 6) is 0.668. The molecule has 0 aromatic heterocycles. The van der Waals surface area contributed by atoms with Gasteiger partial charge in [0.1, 0.15) is 11.4 Å². The van der Waals surface area contributed by atoms with Gasteiger partial charge in [-0.15, -0.1) is 0 Å². The van der Waals surface area contributed by atoms with Crippen LogP contribution in [-0.4, -0.2) is 110 Å². The van der Waals surface area contributed by atoms with Crippen molar-refractivity contribution in [2.45, 2.75) is 130 Å². The minimum absolute atomic E-state index is 0.0351. The molecule has 2 heterocycles. The molecule has 4 atom stereocenters. The van der Waals surface area contributed by atoms with Crippen LogP contribution in [0.15, 0.2) is 18.2 Å². The quantitative estimate of drug-likeness (QED) is 0.188. The third-order valence-corrected chi connectivity index (χ3v) is 10.3. The van der Waals surface area contributed by atoms with Gasteiger partial charge < -0.3 is 38.9 Å². The molecule has 1 saturated heterocycles. The molecule has 2 aliphatic heterocycles. The van der Waals surface area contributed by atoms with Crippen LogP contribution in [-0.2, 0) is 19.1 Å². The molecular formula is C41H68N4O7. The minimum Gasteiger partial charge on any atom is -0.476 e. The Kier molecular flexibility index (Phi) is 14.5. The second-order valence-corrected chi connectivity index (χ2v) is 17.5. The monoisotopic (exact) mass is 729 g/mol. The molecule has 1 aromatic rings. The minimum atomic E-state index is -1.000. The number of hydrogen-bond acceptors (Lipinski definition) is 8. The van der Waals surface area contributed by atoms with Crippen molar-refractivity contribution in [3.8, 4) is 5.75 Å². The predicted octanol–water partition coefficient (Wildman–Crippen LogP) is 6.74. The fourth-order valence-electron chi connectivity index (χ4n) is 7.66. The average molecular weight is 729 g/mol. The number of carbonyl (C=O) groups excluding carboxylic acids is 3. The summed E-state index contributed by atoms with van der Waals surface area (Å²) in [6.07, 6.45) is 5.39. The van der Waals surface area contributed by atoms with Crippen molar-refractivity contribution in [3.05, 3.63) is 18.2 Å². The summed E-state index contributed by atoms with van der Waals surface area (Å²) in [4.78, 5) is 49.2.